The van der Waals surface area contributed by atoms with Crippen LogP contribution in [-0.4, -0.2) is 30.1 Å². The van der Waals surface area contributed by atoms with E-state index < -0.39 is 11.8 Å². The molecule has 216 valence electrons. The van der Waals surface area contributed by atoms with Gasteiger partial charge < -0.3 is 9.47 Å². The van der Waals surface area contributed by atoms with E-state index in [9.17, 15) is 19.2 Å². The van der Waals surface area contributed by atoms with Crippen molar-refractivity contribution in [2.75, 3.05) is 6.61 Å². The number of carbonyl (C=O) groups excluding carboxylic acids is 4. The van der Waals surface area contributed by atoms with Crippen LogP contribution in [0.4, 0.5) is 0 Å². The molecule has 0 aliphatic heterocycles. The second kappa shape index (κ2) is 16.3. The van der Waals surface area contributed by atoms with Crippen molar-refractivity contribution >= 4 is 35.1 Å². The number of benzene rings is 1. The molecule has 0 atom stereocenters. The SMILES string of the molecule is C=C/C=C(/Cl)[C@H]1CC[C@@H](C2=C(OC(=O)CCCCCCCCCC(=O)OCC)C(=O)c3ccccc3C2=O)CC1. The average molecular weight is 569 g/mol. The second-order valence-corrected chi connectivity index (χ2v) is 11.0. The van der Waals surface area contributed by atoms with Gasteiger partial charge in [0.05, 0.1) is 12.2 Å². The summed E-state index contributed by atoms with van der Waals surface area (Å²) in [5, 5.41) is 0.752. The maximum atomic E-state index is 13.6. The first-order valence-electron chi connectivity index (χ1n) is 14.6. The topological polar surface area (TPSA) is 86.7 Å². The van der Waals surface area contributed by atoms with Gasteiger partial charge in [-0.15, -0.1) is 0 Å². The molecule has 6 nitrogen and oxygen atoms in total. The van der Waals surface area contributed by atoms with Gasteiger partial charge in [0.15, 0.2) is 11.5 Å². The highest BCUT2D eigenvalue weighted by molar-refractivity contribution is 6.30. The van der Waals surface area contributed by atoms with Crippen molar-refractivity contribution in [2.24, 2.45) is 11.8 Å². The van der Waals surface area contributed by atoms with E-state index in [1.54, 1.807) is 43.3 Å². The number of halogens is 1. The summed E-state index contributed by atoms with van der Waals surface area (Å²) in [7, 11) is 0. The molecule has 1 aromatic carbocycles. The largest absolute Gasteiger partial charge is 0.466 e. The molecule has 3 rings (SSSR count). The van der Waals surface area contributed by atoms with Crippen molar-refractivity contribution in [3.8, 4) is 0 Å². The van der Waals surface area contributed by atoms with Crippen LogP contribution in [-0.2, 0) is 19.1 Å². The third kappa shape index (κ3) is 8.76. The lowest BCUT2D eigenvalue weighted by atomic mass is 9.73. The fourth-order valence-electron chi connectivity index (χ4n) is 5.57. The molecule has 1 fully saturated rings. The smallest absolute Gasteiger partial charge is 0.311 e. The number of ether oxygens (including phenoxy) is 2. The van der Waals surface area contributed by atoms with E-state index in [-0.39, 0.29) is 41.3 Å². The number of esters is 2. The highest BCUT2D eigenvalue weighted by Gasteiger charge is 2.39. The minimum Gasteiger partial charge on any atom is -0.466 e. The van der Waals surface area contributed by atoms with Gasteiger partial charge in [0.2, 0.25) is 5.78 Å². The molecule has 40 heavy (non-hydrogen) atoms. The van der Waals surface area contributed by atoms with Crippen LogP contribution < -0.4 is 0 Å². The Morgan fingerprint density at radius 1 is 0.875 bits per heavy atom. The Morgan fingerprint density at radius 2 is 1.43 bits per heavy atom. The van der Waals surface area contributed by atoms with Gasteiger partial charge in [-0.3, -0.25) is 19.2 Å². The Kier molecular flexibility index (Phi) is 12.9. The van der Waals surface area contributed by atoms with Gasteiger partial charge in [-0.1, -0.05) is 80.6 Å². The Labute approximate surface area is 242 Å². The molecule has 0 unspecified atom stereocenters. The van der Waals surface area contributed by atoms with Gasteiger partial charge in [-0.05, 0) is 63.4 Å². The molecule has 2 aliphatic rings. The summed E-state index contributed by atoms with van der Waals surface area (Å²) in [5.74, 6) is -1.30. The predicted molar refractivity (Wildman–Crippen MR) is 156 cm³/mol. The fraction of sp³-hybridized carbons (Fsp3) is 0.515. The van der Waals surface area contributed by atoms with Crippen molar-refractivity contribution < 1.29 is 28.7 Å². The summed E-state index contributed by atoms with van der Waals surface area (Å²) in [6, 6.07) is 6.74. The summed E-state index contributed by atoms with van der Waals surface area (Å²) in [5.41, 5.74) is 0.992. The van der Waals surface area contributed by atoms with Crippen molar-refractivity contribution in [1.29, 1.82) is 0 Å². The molecule has 1 saturated carbocycles. The minimum atomic E-state index is -0.479. The molecule has 0 N–H and O–H groups in total. The van der Waals surface area contributed by atoms with Gasteiger partial charge in [-0.2, -0.15) is 0 Å². The first kappa shape index (κ1) is 31.5. The number of rotatable bonds is 15. The van der Waals surface area contributed by atoms with E-state index in [4.69, 9.17) is 21.1 Å². The number of carbonyl (C=O) groups is 4. The zero-order chi connectivity index (χ0) is 28.9. The van der Waals surface area contributed by atoms with Crippen LogP contribution in [0.2, 0.25) is 0 Å². The summed E-state index contributed by atoms with van der Waals surface area (Å²) >= 11 is 6.40. The first-order valence-corrected chi connectivity index (χ1v) is 15.0. The normalized spacial score (nSPS) is 19.3. The lowest BCUT2D eigenvalue weighted by Crippen LogP contribution is -2.30. The summed E-state index contributed by atoms with van der Waals surface area (Å²) < 4.78 is 10.6. The lowest BCUT2D eigenvalue weighted by Gasteiger charge is -2.32. The van der Waals surface area contributed by atoms with Gasteiger partial charge in [-0.25, -0.2) is 0 Å². The predicted octanol–water partition coefficient (Wildman–Crippen LogP) is 8.05. The van der Waals surface area contributed by atoms with Crippen LogP contribution >= 0.6 is 11.6 Å². The second-order valence-electron chi connectivity index (χ2n) is 10.5. The summed E-state index contributed by atoms with van der Waals surface area (Å²) in [4.78, 5) is 51.2. The Hall–Kier alpha value is -2.99. The highest BCUT2D eigenvalue weighted by Crippen LogP contribution is 2.42. The zero-order valence-corrected chi connectivity index (χ0v) is 24.3. The van der Waals surface area contributed by atoms with E-state index in [0.29, 0.717) is 43.4 Å². The number of unbranched alkanes of at least 4 members (excludes halogenated alkanes) is 6. The van der Waals surface area contributed by atoms with Crippen molar-refractivity contribution in [3.63, 3.8) is 0 Å². The van der Waals surface area contributed by atoms with Crippen LogP contribution in [0.15, 0.2) is 59.4 Å². The molecular formula is C33H41ClO6. The van der Waals surface area contributed by atoms with E-state index in [1.807, 2.05) is 0 Å². The van der Waals surface area contributed by atoms with Crippen LogP contribution in [0.25, 0.3) is 0 Å². The van der Waals surface area contributed by atoms with E-state index >= 15 is 0 Å². The monoisotopic (exact) mass is 568 g/mol. The molecular weight excluding hydrogens is 528 g/mol. The van der Waals surface area contributed by atoms with Crippen molar-refractivity contribution in [2.45, 2.75) is 90.4 Å². The van der Waals surface area contributed by atoms with Gasteiger partial charge >= 0.3 is 11.9 Å². The van der Waals surface area contributed by atoms with Crippen molar-refractivity contribution in [1.82, 2.24) is 0 Å². The molecule has 0 spiro atoms. The number of ketones is 2. The summed E-state index contributed by atoms with van der Waals surface area (Å²) in [6.07, 6.45) is 13.5. The zero-order valence-electron chi connectivity index (χ0n) is 23.6. The molecule has 2 aliphatic carbocycles. The molecule has 0 radical (unpaired) electrons. The quantitative estimate of drug-likeness (QED) is 0.121. The molecule has 0 amide bonds. The number of hydrogen-bond acceptors (Lipinski definition) is 6. The van der Waals surface area contributed by atoms with Gasteiger partial charge in [0, 0.05) is 29.0 Å². The number of Topliss-reactive ketones (excluding diaryl/α,β-unsaturated/α-hetero) is 2. The van der Waals surface area contributed by atoms with Crippen molar-refractivity contribution in [3.05, 3.63) is 70.5 Å². The van der Waals surface area contributed by atoms with E-state index in [2.05, 4.69) is 6.58 Å². The minimum absolute atomic E-state index is 0.0912. The summed E-state index contributed by atoms with van der Waals surface area (Å²) in [6.45, 7) is 5.93. The fourth-order valence-corrected chi connectivity index (χ4v) is 5.88. The third-order valence-corrected chi connectivity index (χ3v) is 8.13. The Morgan fingerprint density at radius 3 is 2.00 bits per heavy atom. The number of allylic oxidation sites excluding steroid dienone is 5. The van der Waals surface area contributed by atoms with Crippen LogP contribution in [0.5, 0.6) is 0 Å². The Balaban J connectivity index is 1.55. The molecule has 0 heterocycles. The molecule has 0 saturated heterocycles. The number of hydrogen-bond donors (Lipinski definition) is 0. The Bertz CT molecular complexity index is 1140. The van der Waals surface area contributed by atoms with Crippen LogP contribution in [0.1, 0.15) is 111 Å². The van der Waals surface area contributed by atoms with Gasteiger partial charge in [0.1, 0.15) is 0 Å². The average Bonchev–Trinajstić information content (AvgIpc) is 2.95. The molecule has 7 heteroatoms. The maximum Gasteiger partial charge on any atom is 0.311 e. The van der Waals surface area contributed by atoms with E-state index in [0.717, 1.165) is 56.4 Å². The van der Waals surface area contributed by atoms with Crippen LogP contribution in [0, 0.1) is 11.8 Å². The molecule has 0 aromatic heterocycles. The highest BCUT2D eigenvalue weighted by atomic mass is 35.5. The maximum absolute atomic E-state index is 13.6. The van der Waals surface area contributed by atoms with Crippen LogP contribution in [0.3, 0.4) is 0 Å². The third-order valence-electron chi connectivity index (χ3n) is 7.70. The first-order chi connectivity index (χ1) is 19.4. The molecule has 1 aromatic rings. The van der Waals surface area contributed by atoms with Gasteiger partial charge in [0.25, 0.3) is 0 Å². The standard InChI is InChI=1S/C33H41ClO6/c1-3-14-27(34)23-19-21-24(22-20-23)30-31(37)25-15-12-13-16-26(25)32(38)33(30)40-29(36)18-11-9-7-5-6-8-10-17-28(35)39-4-2/h3,12-16,23-24H,1,4-11,17-22H2,2H3/b27-14+/t23-,24+. The number of fused-ring (bicyclic) bond motifs is 1. The van der Waals surface area contributed by atoms with E-state index in [1.165, 1.54) is 0 Å². The molecule has 0 bridgehead atoms. The lowest BCUT2D eigenvalue weighted by molar-refractivity contribution is -0.143.